The molecule has 0 amide bonds. The van der Waals surface area contributed by atoms with Gasteiger partial charge in [-0.2, -0.15) is 0 Å². The summed E-state index contributed by atoms with van der Waals surface area (Å²) in [6.45, 7) is 2.35. The highest BCUT2D eigenvalue weighted by molar-refractivity contribution is 5.73. The lowest BCUT2D eigenvalue weighted by molar-refractivity contribution is 0.111. The number of para-hydroxylation sites is 1. The SMILES string of the molecule is CCc1c(C=O)nnn1Cc1ccccc1O. The smallest absolute Gasteiger partial charge is 0.172 e. The van der Waals surface area contributed by atoms with E-state index in [4.69, 9.17) is 0 Å². The van der Waals surface area contributed by atoms with Crippen LogP contribution in [-0.2, 0) is 13.0 Å². The van der Waals surface area contributed by atoms with Crippen LogP contribution in [-0.4, -0.2) is 26.4 Å². The molecule has 0 saturated carbocycles. The Kier molecular flexibility index (Phi) is 3.18. The van der Waals surface area contributed by atoms with Gasteiger partial charge in [0.15, 0.2) is 6.29 Å². The average molecular weight is 231 g/mol. The van der Waals surface area contributed by atoms with Crippen molar-refractivity contribution in [2.45, 2.75) is 19.9 Å². The number of nitrogens with zero attached hydrogens (tertiary/aromatic N) is 3. The number of carbonyl (C=O) groups excluding carboxylic acids is 1. The summed E-state index contributed by atoms with van der Waals surface area (Å²) in [6.07, 6.45) is 1.38. The van der Waals surface area contributed by atoms with Crippen molar-refractivity contribution in [3.05, 3.63) is 41.2 Å². The van der Waals surface area contributed by atoms with Gasteiger partial charge in [0, 0.05) is 5.56 Å². The van der Waals surface area contributed by atoms with E-state index in [0.717, 1.165) is 11.3 Å². The molecule has 88 valence electrons. The highest BCUT2D eigenvalue weighted by Crippen LogP contribution is 2.17. The molecule has 1 aromatic heterocycles. The Bertz CT molecular complexity index is 534. The molecule has 2 rings (SSSR count). The number of hydrogen-bond donors (Lipinski definition) is 1. The summed E-state index contributed by atoms with van der Waals surface area (Å²) < 4.78 is 1.64. The Hall–Kier alpha value is -2.17. The van der Waals surface area contributed by atoms with E-state index in [1.54, 1.807) is 16.8 Å². The van der Waals surface area contributed by atoms with E-state index in [9.17, 15) is 9.90 Å². The first-order chi connectivity index (χ1) is 8.26. The van der Waals surface area contributed by atoms with Crippen LogP contribution in [0.1, 0.15) is 28.7 Å². The molecule has 0 aliphatic rings. The van der Waals surface area contributed by atoms with E-state index in [1.165, 1.54) is 0 Å². The highest BCUT2D eigenvalue weighted by atomic mass is 16.3. The third kappa shape index (κ3) is 2.18. The number of phenols is 1. The number of aldehydes is 1. The first-order valence-electron chi connectivity index (χ1n) is 5.40. The maximum absolute atomic E-state index is 10.8. The third-order valence-electron chi connectivity index (χ3n) is 2.63. The van der Waals surface area contributed by atoms with E-state index >= 15 is 0 Å². The summed E-state index contributed by atoms with van der Waals surface area (Å²) in [5.41, 5.74) is 1.90. The van der Waals surface area contributed by atoms with Gasteiger partial charge >= 0.3 is 0 Å². The standard InChI is InChI=1S/C12H13N3O2/c1-2-11-10(8-16)13-14-15(11)7-9-5-3-4-6-12(9)17/h3-6,8,17H,2,7H2,1H3. The topological polar surface area (TPSA) is 68.0 Å². The Labute approximate surface area is 98.7 Å². The largest absolute Gasteiger partial charge is 0.508 e. The zero-order valence-corrected chi connectivity index (χ0v) is 9.50. The van der Waals surface area contributed by atoms with Gasteiger partial charge in [-0.15, -0.1) is 5.10 Å². The normalized spacial score (nSPS) is 10.4. The van der Waals surface area contributed by atoms with E-state index < -0.39 is 0 Å². The Morgan fingerprint density at radius 3 is 2.82 bits per heavy atom. The molecule has 0 radical (unpaired) electrons. The fourth-order valence-corrected chi connectivity index (χ4v) is 1.73. The summed E-state index contributed by atoms with van der Waals surface area (Å²) in [5, 5.41) is 17.4. The molecule has 0 fully saturated rings. The van der Waals surface area contributed by atoms with Gasteiger partial charge in [0.05, 0.1) is 12.2 Å². The fraction of sp³-hybridized carbons (Fsp3) is 0.250. The summed E-state index contributed by atoms with van der Waals surface area (Å²) in [6, 6.07) is 7.05. The molecule has 1 heterocycles. The van der Waals surface area contributed by atoms with Crippen LogP contribution in [0.4, 0.5) is 0 Å². The molecule has 17 heavy (non-hydrogen) atoms. The molecule has 0 aliphatic heterocycles. The summed E-state index contributed by atoms with van der Waals surface area (Å²) >= 11 is 0. The number of hydrogen-bond acceptors (Lipinski definition) is 4. The molecule has 0 bridgehead atoms. The summed E-state index contributed by atoms with van der Waals surface area (Å²) in [7, 11) is 0. The number of aromatic hydroxyl groups is 1. The maximum Gasteiger partial charge on any atom is 0.172 e. The van der Waals surface area contributed by atoms with Crippen molar-refractivity contribution in [1.82, 2.24) is 15.0 Å². The second kappa shape index (κ2) is 4.78. The van der Waals surface area contributed by atoms with E-state index in [0.29, 0.717) is 24.9 Å². The van der Waals surface area contributed by atoms with Crippen LogP contribution in [0.3, 0.4) is 0 Å². The van der Waals surface area contributed by atoms with Crippen molar-refractivity contribution in [1.29, 1.82) is 0 Å². The summed E-state index contributed by atoms with van der Waals surface area (Å²) in [4.78, 5) is 10.8. The van der Waals surface area contributed by atoms with Crippen LogP contribution in [0.2, 0.25) is 0 Å². The predicted octanol–water partition coefficient (Wildman–Crippen LogP) is 1.41. The molecule has 0 unspecified atom stereocenters. The molecule has 0 aliphatic carbocycles. The van der Waals surface area contributed by atoms with Crippen molar-refractivity contribution >= 4 is 6.29 Å². The fourth-order valence-electron chi connectivity index (χ4n) is 1.73. The van der Waals surface area contributed by atoms with Gasteiger partial charge < -0.3 is 5.11 Å². The Balaban J connectivity index is 2.33. The molecule has 0 saturated heterocycles. The zero-order valence-electron chi connectivity index (χ0n) is 9.50. The van der Waals surface area contributed by atoms with Crippen LogP contribution >= 0.6 is 0 Å². The van der Waals surface area contributed by atoms with Gasteiger partial charge in [0.25, 0.3) is 0 Å². The van der Waals surface area contributed by atoms with Crippen LogP contribution in [0.5, 0.6) is 5.75 Å². The Morgan fingerprint density at radius 1 is 1.41 bits per heavy atom. The van der Waals surface area contributed by atoms with Gasteiger partial charge in [-0.05, 0) is 12.5 Å². The average Bonchev–Trinajstić information content (AvgIpc) is 2.74. The lowest BCUT2D eigenvalue weighted by Crippen LogP contribution is -2.06. The van der Waals surface area contributed by atoms with Crippen molar-refractivity contribution in [2.75, 3.05) is 0 Å². The number of aromatic nitrogens is 3. The van der Waals surface area contributed by atoms with Gasteiger partial charge in [-0.25, -0.2) is 4.68 Å². The molecular weight excluding hydrogens is 218 g/mol. The van der Waals surface area contributed by atoms with Crippen LogP contribution in [0, 0.1) is 0 Å². The first-order valence-corrected chi connectivity index (χ1v) is 5.40. The highest BCUT2D eigenvalue weighted by Gasteiger charge is 2.11. The molecule has 1 N–H and O–H groups in total. The second-order valence-electron chi connectivity index (χ2n) is 3.68. The number of benzene rings is 1. The molecule has 5 nitrogen and oxygen atoms in total. The third-order valence-corrected chi connectivity index (χ3v) is 2.63. The molecule has 0 atom stereocenters. The maximum atomic E-state index is 10.8. The second-order valence-corrected chi connectivity index (χ2v) is 3.68. The molecule has 2 aromatic rings. The molecule has 1 aromatic carbocycles. The van der Waals surface area contributed by atoms with Crippen molar-refractivity contribution < 1.29 is 9.90 Å². The summed E-state index contributed by atoms with van der Waals surface area (Å²) in [5.74, 6) is 0.220. The van der Waals surface area contributed by atoms with Crippen LogP contribution < -0.4 is 0 Å². The minimum Gasteiger partial charge on any atom is -0.508 e. The van der Waals surface area contributed by atoms with E-state index in [2.05, 4.69) is 10.3 Å². The molecule has 5 heteroatoms. The minimum absolute atomic E-state index is 0.220. The van der Waals surface area contributed by atoms with Crippen molar-refractivity contribution in [3.63, 3.8) is 0 Å². The van der Waals surface area contributed by atoms with Gasteiger partial charge in [-0.3, -0.25) is 4.79 Å². The van der Waals surface area contributed by atoms with Gasteiger partial charge in [0.1, 0.15) is 11.4 Å². The van der Waals surface area contributed by atoms with E-state index in [-0.39, 0.29) is 5.75 Å². The number of rotatable bonds is 4. The monoisotopic (exact) mass is 231 g/mol. The first kappa shape index (κ1) is 11.3. The van der Waals surface area contributed by atoms with Crippen LogP contribution in [0.15, 0.2) is 24.3 Å². The number of carbonyl (C=O) groups is 1. The predicted molar refractivity (Wildman–Crippen MR) is 62.0 cm³/mol. The van der Waals surface area contributed by atoms with Crippen LogP contribution in [0.25, 0.3) is 0 Å². The zero-order chi connectivity index (χ0) is 12.3. The lowest BCUT2D eigenvalue weighted by Gasteiger charge is -2.06. The van der Waals surface area contributed by atoms with Gasteiger partial charge in [0.2, 0.25) is 0 Å². The van der Waals surface area contributed by atoms with Gasteiger partial charge in [-0.1, -0.05) is 30.3 Å². The Morgan fingerprint density at radius 2 is 2.18 bits per heavy atom. The van der Waals surface area contributed by atoms with Crippen molar-refractivity contribution in [2.24, 2.45) is 0 Å². The quantitative estimate of drug-likeness (QED) is 0.808. The van der Waals surface area contributed by atoms with Crippen molar-refractivity contribution in [3.8, 4) is 5.75 Å². The molecular formula is C12H13N3O2. The molecule has 0 spiro atoms. The van der Waals surface area contributed by atoms with E-state index in [1.807, 2.05) is 19.1 Å². The lowest BCUT2D eigenvalue weighted by atomic mass is 10.2. The minimum atomic E-state index is 0.220. The number of phenolic OH excluding ortho intramolecular Hbond substituents is 1.